The number of allylic oxidation sites excluding steroid dienone is 5. The van der Waals surface area contributed by atoms with Gasteiger partial charge in [-0.3, -0.25) is 0 Å². The first-order valence-electron chi connectivity index (χ1n) is 36.0. The van der Waals surface area contributed by atoms with Crippen LogP contribution < -0.4 is 9.80 Å². The highest BCUT2D eigenvalue weighted by Gasteiger charge is 2.56. The lowest BCUT2D eigenvalue weighted by Crippen LogP contribution is -2.40. The summed E-state index contributed by atoms with van der Waals surface area (Å²) in [4.78, 5) is 4.97. The number of alkyl halides is 2. The molecule has 498 valence electrons. The molecule has 1 unspecified atom stereocenters. The van der Waals surface area contributed by atoms with Gasteiger partial charge in [-0.05, 0) is 212 Å². The van der Waals surface area contributed by atoms with Crippen molar-refractivity contribution in [2.75, 3.05) is 9.80 Å². The fourth-order valence-corrected chi connectivity index (χ4v) is 19.6. The molecule has 3 atom stereocenters. The third kappa shape index (κ3) is 10.9. The molecule has 0 aromatic heterocycles. The molecule has 4 heteroatoms. The first kappa shape index (κ1) is 66.3. The SMILES string of the molecule is CC(C)(C)c1ccc(N(c2ccc3c(c2)C(C)(C)c2ccccc2-3)c2ccc3c(c2)C(C)(C)c2cc(C[C@H](I)c4ccc(-c5ccc(/C=C/C6=CC7(I)[C@@H](C=C6)c6ccc(N(c8ccc(C(C)(C)C)cc8)c8ccc9c(c8)C(C)(C)c8ccccc8-9)cc6C7(C)C)cc5)cc4)ccc2-3)cc1. The van der Waals surface area contributed by atoms with Crippen LogP contribution in [0.4, 0.5) is 34.1 Å². The van der Waals surface area contributed by atoms with Crippen LogP contribution >= 0.6 is 45.2 Å². The van der Waals surface area contributed by atoms with Gasteiger partial charge in [0.2, 0.25) is 0 Å². The van der Waals surface area contributed by atoms with Crippen molar-refractivity contribution in [3.63, 3.8) is 0 Å². The van der Waals surface area contributed by atoms with Gasteiger partial charge in [-0.15, -0.1) is 0 Å². The standard InChI is InChI=1S/C96H90I2N2/c1-90(2,3)66-35-39-68(40-36-66)99(70-43-48-77-74-19-15-17-21-81(74)92(7,8)85(77)55-70)72-45-50-79-76-47-27-62(53-84(76)94(11,12)87(79)57-72)54-89(97)65-33-31-64(32-34-65)63-29-25-60(26-30-63)23-24-61-28-52-83-80-51-46-73(58-88(80)95(13,14)96(83,98)59-61)100(69-41-37-67(38-42-69)91(4,5)6)71-44-49-78-75-20-16-18-22-82(75)93(9,10)86(78)56-71/h15-53,55-59,83,89H,54H2,1-14H3/b24-23+/t83-,89-,96?/m0/s1. The molecule has 0 heterocycles. The average molecular weight is 1530 g/mol. The van der Waals surface area contributed by atoms with E-state index >= 15 is 0 Å². The monoisotopic (exact) mass is 1520 g/mol. The lowest BCUT2D eigenvalue weighted by Gasteiger charge is -2.40. The Kier molecular flexibility index (Phi) is 15.8. The Labute approximate surface area is 622 Å². The smallest absolute Gasteiger partial charge is 0.0604 e. The second-order valence-electron chi connectivity index (χ2n) is 33.2. The molecule has 0 aliphatic heterocycles. The molecule has 0 bridgehead atoms. The molecule has 0 saturated heterocycles. The van der Waals surface area contributed by atoms with Crippen LogP contribution in [0.15, 0.2) is 266 Å². The van der Waals surface area contributed by atoms with Gasteiger partial charge in [0.05, 0.1) is 3.42 Å². The lowest BCUT2D eigenvalue weighted by atomic mass is 9.73. The Bertz CT molecular complexity index is 5190. The summed E-state index contributed by atoms with van der Waals surface area (Å²) in [7, 11) is 0. The van der Waals surface area contributed by atoms with E-state index in [0.29, 0.717) is 3.92 Å². The number of fused-ring (bicyclic) bond motifs is 12. The molecule has 100 heavy (non-hydrogen) atoms. The van der Waals surface area contributed by atoms with Crippen LogP contribution in [0.5, 0.6) is 0 Å². The molecular formula is C96H90I2N2. The molecular weight excluding hydrogens is 1430 g/mol. The molecule has 0 radical (unpaired) electrons. The first-order valence-corrected chi connectivity index (χ1v) is 38.3. The van der Waals surface area contributed by atoms with E-state index in [1.807, 2.05) is 0 Å². The Morgan fingerprint density at radius 2 is 0.790 bits per heavy atom. The fourth-order valence-electron chi connectivity index (χ4n) is 17.4. The zero-order valence-electron chi connectivity index (χ0n) is 60.4. The first-order chi connectivity index (χ1) is 47.6. The number of halogens is 2. The van der Waals surface area contributed by atoms with E-state index in [4.69, 9.17) is 0 Å². The number of rotatable bonds is 12. The van der Waals surface area contributed by atoms with Crippen molar-refractivity contribution in [2.24, 2.45) is 0 Å². The van der Waals surface area contributed by atoms with Crippen LogP contribution in [0.2, 0.25) is 0 Å². The zero-order chi connectivity index (χ0) is 69.8. The van der Waals surface area contributed by atoms with Gasteiger partial charge in [-0.25, -0.2) is 0 Å². The maximum Gasteiger partial charge on any atom is 0.0604 e. The highest BCUT2D eigenvalue weighted by atomic mass is 127. The zero-order valence-corrected chi connectivity index (χ0v) is 64.7. The molecule has 0 fully saturated rings. The predicted molar refractivity (Wildman–Crippen MR) is 443 cm³/mol. The maximum absolute atomic E-state index is 2.80. The summed E-state index contributed by atoms with van der Waals surface area (Å²) in [6.45, 7) is 33.0. The summed E-state index contributed by atoms with van der Waals surface area (Å²) >= 11 is 5.47. The highest BCUT2D eigenvalue weighted by molar-refractivity contribution is 14.1. The number of hydrogen-bond donors (Lipinski definition) is 0. The highest BCUT2D eigenvalue weighted by Crippen LogP contribution is 2.63. The Hall–Kier alpha value is -8.30. The molecule has 11 aromatic rings. The van der Waals surface area contributed by atoms with Crippen molar-refractivity contribution in [3.8, 4) is 44.5 Å². The van der Waals surface area contributed by atoms with Gasteiger partial charge in [0.15, 0.2) is 0 Å². The summed E-state index contributed by atoms with van der Waals surface area (Å²) in [5.41, 5.74) is 36.1. The van der Waals surface area contributed by atoms with Crippen molar-refractivity contribution >= 4 is 85.4 Å². The largest absolute Gasteiger partial charge is 0.310 e. The van der Waals surface area contributed by atoms with Gasteiger partial charge in [0, 0.05) is 65.6 Å². The van der Waals surface area contributed by atoms with Crippen molar-refractivity contribution in [1.29, 1.82) is 0 Å². The van der Waals surface area contributed by atoms with Crippen molar-refractivity contribution < 1.29 is 0 Å². The molecule has 5 aliphatic rings. The molecule has 16 rings (SSSR count). The van der Waals surface area contributed by atoms with Crippen LogP contribution in [0.3, 0.4) is 0 Å². The Morgan fingerprint density at radius 3 is 1.26 bits per heavy atom. The van der Waals surface area contributed by atoms with Gasteiger partial charge in [0.1, 0.15) is 0 Å². The Morgan fingerprint density at radius 1 is 0.400 bits per heavy atom. The molecule has 0 amide bonds. The molecule has 0 spiro atoms. The summed E-state index contributed by atoms with van der Waals surface area (Å²) in [6, 6.07) is 90.9. The van der Waals surface area contributed by atoms with Gasteiger partial charge in [0.25, 0.3) is 0 Å². The summed E-state index contributed by atoms with van der Waals surface area (Å²) < 4.78 is 0.161. The van der Waals surface area contributed by atoms with Gasteiger partial charge >= 0.3 is 0 Å². The second-order valence-corrected chi connectivity index (χ2v) is 36.5. The number of anilines is 6. The lowest BCUT2D eigenvalue weighted by molar-refractivity contribution is 0.454. The van der Waals surface area contributed by atoms with Crippen LogP contribution in [0, 0.1) is 0 Å². The number of nitrogens with zero attached hydrogens (tertiary/aromatic N) is 2. The fraction of sp³-hybridized carbons (Fsp3) is 0.250. The number of hydrogen-bond acceptors (Lipinski definition) is 2. The van der Waals surface area contributed by atoms with Crippen molar-refractivity contribution in [3.05, 3.63) is 339 Å². The van der Waals surface area contributed by atoms with E-state index in [0.717, 1.165) is 12.1 Å². The third-order valence-electron chi connectivity index (χ3n) is 23.6. The number of benzene rings is 11. The molecule has 5 aliphatic carbocycles. The van der Waals surface area contributed by atoms with Crippen LogP contribution in [0.1, 0.15) is 179 Å². The van der Waals surface area contributed by atoms with Gasteiger partial charge in [-0.2, -0.15) is 0 Å². The summed E-state index contributed by atoms with van der Waals surface area (Å²) in [5, 5.41) is 0. The van der Waals surface area contributed by atoms with E-state index in [1.54, 1.807) is 0 Å². The Balaban J connectivity index is 0.605. The minimum absolute atomic E-state index is 0.0578. The third-order valence-corrected chi connectivity index (χ3v) is 27.1. The average Bonchev–Trinajstić information content (AvgIpc) is 1.55. The van der Waals surface area contributed by atoms with E-state index in [-0.39, 0.29) is 41.8 Å². The van der Waals surface area contributed by atoms with Crippen molar-refractivity contribution in [1.82, 2.24) is 0 Å². The van der Waals surface area contributed by atoms with Crippen LogP contribution in [-0.4, -0.2) is 3.42 Å². The molecule has 2 nitrogen and oxygen atoms in total. The predicted octanol–water partition coefficient (Wildman–Crippen LogP) is 27.3. The van der Waals surface area contributed by atoms with E-state index in [1.165, 1.54) is 151 Å². The molecule has 0 saturated carbocycles. The van der Waals surface area contributed by atoms with E-state index in [2.05, 4.69) is 419 Å². The molecule has 0 N–H and O–H groups in total. The van der Waals surface area contributed by atoms with Gasteiger partial charge in [-0.1, -0.05) is 336 Å². The maximum atomic E-state index is 2.80. The van der Waals surface area contributed by atoms with Crippen molar-refractivity contribution in [2.45, 2.75) is 149 Å². The quantitative estimate of drug-likeness (QED) is 0.0888. The van der Waals surface area contributed by atoms with E-state index in [9.17, 15) is 0 Å². The molecule has 11 aromatic carbocycles. The summed E-state index contributed by atoms with van der Waals surface area (Å²) in [6.07, 6.45) is 12.9. The van der Waals surface area contributed by atoms with E-state index < -0.39 is 0 Å². The van der Waals surface area contributed by atoms with Gasteiger partial charge < -0.3 is 9.80 Å². The topological polar surface area (TPSA) is 6.48 Å². The minimum Gasteiger partial charge on any atom is -0.310 e. The van der Waals surface area contributed by atoms with Crippen LogP contribution in [-0.2, 0) is 38.9 Å². The minimum atomic E-state index is -0.187. The summed E-state index contributed by atoms with van der Waals surface area (Å²) in [5.74, 6) is 0.257. The normalized spacial score (nSPS) is 18.4. The second kappa shape index (κ2) is 23.9. The van der Waals surface area contributed by atoms with Crippen LogP contribution in [0.25, 0.3) is 50.6 Å².